The fourth-order valence-corrected chi connectivity index (χ4v) is 5.33. The molecule has 0 aromatic heterocycles. The first kappa shape index (κ1) is 16.0. The third-order valence-electron chi connectivity index (χ3n) is 3.96. The number of rotatable bonds is 4. The zero-order valence-corrected chi connectivity index (χ0v) is 14.3. The summed E-state index contributed by atoms with van der Waals surface area (Å²) in [7, 11) is -3.37. The van der Waals surface area contributed by atoms with Gasteiger partial charge in [0.05, 0.1) is 4.90 Å². The molecule has 0 radical (unpaired) electrons. The van der Waals surface area contributed by atoms with E-state index in [4.69, 9.17) is 0 Å². The highest BCUT2D eigenvalue weighted by Crippen LogP contribution is 2.28. The average Bonchev–Trinajstić information content (AvgIpc) is 2.65. The highest BCUT2D eigenvalue weighted by Gasteiger charge is 2.28. The molecule has 0 N–H and O–H groups in total. The van der Waals surface area contributed by atoms with Crippen LogP contribution in [0.1, 0.15) is 39.0 Å². The van der Waals surface area contributed by atoms with Crippen molar-refractivity contribution < 1.29 is 8.42 Å². The number of halogens is 1. The van der Waals surface area contributed by atoms with E-state index in [-0.39, 0.29) is 0 Å². The Hall–Kier alpha value is -0.390. The quantitative estimate of drug-likeness (QED) is 0.813. The van der Waals surface area contributed by atoms with Gasteiger partial charge in [-0.2, -0.15) is 4.31 Å². The fraction of sp³-hybridized carbons (Fsp3) is 0.600. The van der Waals surface area contributed by atoms with Crippen molar-refractivity contribution in [3.8, 4) is 0 Å². The Labute approximate surface area is 130 Å². The largest absolute Gasteiger partial charge is 0.244 e. The Kier molecular flexibility index (Phi) is 5.64. The minimum Gasteiger partial charge on any atom is -0.207 e. The molecule has 1 unspecified atom stereocenters. The molecule has 0 aliphatic carbocycles. The molecule has 1 saturated heterocycles. The van der Waals surface area contributed by atoms with E-state index < -0.39 is 10.0 Å². The topological polar surface area (TPSA) is 37.4 Å². The van der Waals surface area contributed by atoms with E-state index in [1.165, 1.54) is 12.8 Å². The second-order valence-electron chi connectivity index (χ2n) is 5.42. The fourth-order valence-electron chi connectivity index (χ4n) is 2.87. The molecule has 2 rings (SSSR count). The Morgan fingerprint density at radius 3 is 2.70 bits per heavy atom. The van der Waals surface area contributed by atoms with Gasteiger partial charge in [-0.3, -0.25) is 0 Å². The van der Waals surface area contributed by atoms with Crippen molar-refractivity contribution in [3.63, 3.8) is 0 Å². The summed E-state index contributed by atoms with van der Waals surface area (Å²) in [5, 5.41) is 0. The highest BCUT2D eigenvalue weighted by molar-refractivity contribution is 9.10. The summed E-state index contributed by atoms with van der Waals surface area (Å²) in [4.78, 5) is 0.383. The van der Waals surface area contributed by atoms with Crippen molar-refractivity contribution in [2.45, 2.75) is 43.9 Å². The van der Waals surface area contributed by atoms with Crippen LogP contribution in [0.5, 0.6) is 0 Å². The van der Waals surface area contributed by atoms with Crippen molar-refractivity contribution in [1.29, 1.82) is 0 Å². The molecule has 0 saturated carbocycles. The molecule has 3 nitrogen and oxygen atoms in total. The second-order valence-corrected chi connectivity index (χ2v) is 8.18. The Bertz CT molecular complexity index is 545. The van der Waals surface area contributed by atoms with Gasteiger partial charge in [0.25, 0.3) is 0 Å². The predicted octanol–water partition coefficient (Wildman–Crippen LogP) is 4.04. The molecule has 1 aliphatic heterocycles. The first-order valence-corrected chi connectivity index (χ1v) is 9.53. The lowest BCUT2D eigenvalue weighted by molar-refractivity contribution is 0.400. The summed E-state index contributed by atoms with van der Waals surface area (Å²) in [6.45, 7) is 3.48. The van der Waals surface area contributed by atoms with Crippen LogP contribution in [0.25, 0.3) is 0 Å². The van der Waals surface area contributed by atoms with Gasteiger partial charge >= 0.3 is 0 Å². The van der Waals surface area contributed by atoms with Gasteiger partial charge in [0, 0.05) is 17.6 Å². The summed E-state index contributed by atoms with van der Waals surface area (Å²) in [5.74, 6) is 0.680. The lowest BCUT2D eigenvalue weighted by Gasteiger charge is -2.21. The van der Waals surface area contributed by atoms with Gasteiger partial charge in [-0.25, -0.2) is 8.42 Å². The number of nitrogens with zero attached hydrogens (tertiary/aromatic N) is 1. The average molecular weight is 360 g/mol. The third-order valence-corrected chi connectivity index (χ3v) is 6.87. The highest BCUT2D eigenvalue weighted by atomic mass is 79.9. The molecule has 5 heteroatoms. The standard InChI is InChI=1S/C15H22BrNO2S/c1-2-6-13-7-5-11-17(12-10-13)20(18,19)15-9-4-3-8-14(15)16/h3-4,8-9,13H,2,5-7,10-12H2,1H3. The van der Waals surface area contributed by atoms with Crippen LogP contribution in [0.4, 0.5) is 0 Å². The van der Waals surface area contributed by atoms with Gasteiger partial charge in [0.2, 0.25) is 10.0 Å². The zero-order chi connectivity index (χ0) is 14.6. The van der Waals surface area contributed by atoms with Crippen molar-refractivity contribution >= 4 is 26.0 Å². The van der Waals surface area contributed by atoms with Crippen molar-refractivity contribution in [3.05, 3.63) is 28.7 Å². The number of hydrogen-bond donors (Lipinski definition) is 0. The van der Waals surface area contributed by atoms with Gasteiger partial charge in [0.15, 0.2) is 0 Å². The summed E-state index contributed by atoms with van der Waals surface area (Å²) in [5.41, 5.74) is 0. The molecular weight excluding hydrogens is 338 g/mol. The van der Waals surface area contributed by atoms with E-state index in [0.717, 1.165) is 19.3 Å². The predicted molar refractivity (Wildman–Crippen MR) is 85.1 cm³/mol. The van der Waals surface area contributed by atoms with Crippen LogP contribution in [0, 0.1) is 5.92 Å². The van der Waals surface area contributed by atoms with Gasteiger partial charge in [0.1, 0.15) is 0 Å². The van der Waals surface area contributed by atoms with Gasteiger partial charge in [-0.15, -0.1) is 0 Å². The lowest BCUT2D eigenvalue weighted by Crippen LogP contribution is -2.32. The molecule has 1 aromatic rings. The molecule has 112 valence electrons. The first-order valence-electron chi connectivity index (χ1n) is 7.30. The minimum atomic E-state index is -3.37. The summed E-state index contributed by atoms with van der Waals surface area (Å²) < 4.78 is 27.7. The molecule has 1 atom stereocenters. The number of sulfonamides is 1. The van der Waals surface area contributed by atoms with E-state index in [2.05, 4.69) is 22.9 Å². The Morgan fingerprint density at radius 1 is 1.25 bits per heavy atom. The molecule has 1 fully saturated rings. The van der Waals surface area contributed by atoms with Crippen LogP contribution in [0.15, 0.2) is 33.6 Å². The van der Waals surface area contributed by atoms with Crippen molar-refractivity contribution in [2.75, 3.05) is 13.1 Å². The van der Waals surface area contributed by atoms with Crippen LogP contribution >= 0.6 is 15.9 Å². The van der Waals surface area contributed by atoms with Crippen molar-refractivity contribution in [2.24, 2.45) is 5.92 Å². The monoisotopic (exact) mass is 359 g/mol. The third kappa shape index (κ3) is 3.62. The normalized spacial score (nSPS) is 21.6. The molecule has 1 heterocycles. The summed E-state index contributed by atoms with van der Waals surface area (Å²) in [6.07, 6.45) is 5.49. The summed E-state index contributed by atoms with van der Waals surface area (Å²) >= 11 is 3.35. The number of benzene rings is 1. The minimum absolute atomic E-state index is 0.383. The van der Waals surface area contributed by atoms with Gasteiger partial charge in [-0.1, -0.05) is 31.9 Å². The Balaban J connectivity index is 2.16. The van der Waals surface area contributed by atoms with Crippen LogP contribution in [0.3, 0.4) is 0 Å². The van der Waals surface area contributed by atoms with E-state index in [1.807, 2.05) is 6.07 Å². The van der Waals surface area contributed by atoms with E-state index >= 15 is 0 Å². The van der Waals surface area contributed by atoms with E-state index in [9.17, 15) is 8.42 Å². The lowest BCUT2D eigenvalue weighted by atomic mass is 9.96. The molecule has 0 spiro atoms. The van der Waals surface area contributed by atoms with Crippen LogP contribution in [-0.4, -0.2) is 25.8 Å². The molecule has 20 heavy (non-hydrogen) atoms. The maximum absolute atomic E-state index is 12.7. The zero-order valence-electron chi connectivity index (χ0n) is 11.9. The van der Waals surface area contributed by atoms with Crippen LogP contribution < -0.4 is 0 Å². The van der Waals surface area contributed by atoms with E-state index in [1.54, 1.807) is 22.5 Å². The molecule has 0 amide bonds. The SMILES string of the molecule is CCCC1CCCN(S(=O)(=O)c2ccccc2Br)CC1. The maximum Gasteiger partial charge on any atom is 0.244 e. The van der Waals surface area contributed by atoms with Crippen molar-refractivity contribution in [1.82, 2.24) is 4.31 Å². The molecular formula is C15H22BrNO2S. The summed E-state index contributed by atoms with van der Waals surface area (Å²) in [6, 6.07) is 7.07. The Morgan fingerprint density at radius 2 is 2.00 bits per heavy atom. The van der Waals surface area contributed by atoms with Gasteiger partial charge in [-0.05, 0) is 53.2 Å². The van der Waals surface area contributed by atoms with Crippen LogP contribution in [-0.2, 0) is 10.0 Å². The second kappa shape index (κ2) is 7.05. The van der Waals surface area contributed by atoms with Gasteiger partial charge < -0.3 is 0 Å². The smallest absolute Gasteiger partial charge is 0.207 e. The molecule has 1 aliphatic rings. The van der Waals surface area contributed by atoms with E-state index in [0.29, 0.717) is 28.4 Å². The number of hydrogen-bond acceptors (Lipinski definition) is 2. The van der Waals surface area contributed by atoms with Crippen LogP contribution in [0.2, 0.25) is 0 Å². The first-order chi connectivity index (χ1) is 9.55. The maximum atomic E-state index is 12.7. The molecule has 1 aromatic carbocycles. The molecule has 0 bridgehead atoms.